The standard InChI is InChI=1S/C16H30N2O2/c1-6-8-17-10-15-9-16(20-14(15)4)11-18(7-2)13(3)12-19-5/h9,13,17H,6-8,10-12H2,1-5H3. The quantitative estimate of drug-likeness (QED) is 0.670. The van der Waals surface area contributed by atoms with Gasteiger partial charge in [-0.25, -0.2) is 0 Å². The van der Waals surface area contributed by atoms with Crippen molar-refractivity contribution in [2.75, 3.05) is 26.8 Å². The Labute approximate surface area is 123 Å². The Morgan fingerprint density at radius 3 is 2.75 bits per heavy atom. The molecule has 0 saturated carbocycles. The summed E-state index contributed by atoms with van der Waals surface area (Å²) in [4.78, 5) is 2.37. The van der Waals surface area contributed by atoms with E-state index in [9.17, 15) is 0 Å². The number of rotatable bonds is 10. The van der Waals surface area contributed by atoms with E-state index in [1.807, 2.05) is 6.92 Å². The van der Waals surface area contributed by atoms with Crippen molar-refractivity contribution in [2.24, 2.45) is 0 Å². The first-order valence-electron chi connectivity index (χ1n) is 7.64. The van der Waals surface area contributed by atoms with E-state index >= 15 is 0 Å². The van der Waals surface area contributed by atoms with Gasteiger partial charge in [-0.05, 0) is 39.4 Å². The third kappa shape index (κ3) is 5.27. The van der Waals surface area contributed by atoms with Gasteiger partial charge in [-0.1, -0.05) is 13.8 Å². The fourth-order valence-electron chi connectivity index (χ4n) is 2.37. The number of ether oxygens (including phenoxy) is 1. The maximum Gasteiger partial charge on any atom is 0.118 e. The number of furan rings is 1. The Hall–Kier alpha value is -0.840. The summed E-state index contributed by atoms with van der Waals surface area (Å²) < 4.78 is 11.1. The van der Waals surface area contributed by atoms with Crippen LogP contribution in [0.4, 0.5) is 0 Å². The van der Waals surface area contributed by atoms with Gasteiger partial charge < -0.3 is 14.5 Å². The van der Waals surface area contributed by atoms with E-state index in [1.165, 1.54) is 5.56 Å². The summed E-state index contributed by atoms with van der Waals surface area (Å²) in [5.74, 6) is 2.07. The molecular weight excluding hydrogens is 252 g/mol. The zero-order valence-corrected chi connectivity index (χ0v) is 13.7. The van der Waals surface area contributed by atoms with Crippen LogP contribution in [0.5, 0.6) is 0 Å². The number of hydrogen-bond acceptors (Lipinski definition) is 4. The summed E-state index contributed by atoms with van der Waals surface area (Å²) in [6, 6.07) is 2.58. The Morgan fingerprint density at radius 1 is 1.40 bits per heavy atom. The minimum Gasteiger partial charge on any atom is -0.465 e. The molecule has 20 heavy (non-hydrogen) atoms. The van der Waals surface area contributed by atoms with E-state index in [1.54, 1.807) is 7.11 Å². The average Bonchev–Trinajstić information content (AvgIpc) is 2.77. The molecule has 0 amide bonds. The average molecular weight is 282 g/mol. The van der Waals surface area contributed by atoms with E-state index in [4.69, 9.17) is 9.15 Å². The molecule has 0 radical (unpaired) electrons. The molecule has 1 aromatic rings. The first-order chi connectivity index (χ1) is 9.62. The van der Waals surface area contributed by atoms with Crippen LogP contribution in [0.25, 0.3) is 0 Å². The highest BCUT2D eigenvalue weighted by Crippen LogP contribution is 2.17. The lowest BCUT2D eigenvalue weighted by Gasteiger charge is -2.26. The van der Waals surface area contributed by atoms with Crippen LogP contribution in [0.15, 0.2) is 10.5 Å². The smallest absolute Gasteiger partial charge is 0.118 e. The van der Waals surface area contributed by atoms with E-state index in [0.29, 0.717) is 6.04 Å². The first kappa shape index (κ1) is 17.2. The van der Waals surface area contributed by atoms with Crippen LogP contribution in [-0.2, 0) is 17.8 Å². The van der Waals surface area contributed by atoms with E-state index in [-0.39, 0.29) is 0 Å². The Kier molecular flexibility index (Phi) is 7.88. The lowest BCUT2D eigenvalue weighted by Crippen LogP contribution is -2.35. The maximum atomic E-state index is 5.88. The SMILES string of the molecule is CCCNCc1cc(CN(CC)C(C)COC)oc1C. The molecule has 116 valence electrons. The van der Waals surface area contributed by atoms with Crippen molar-refractivity contribution in [3.05, 3.63) is 23.2 Å². The molecule has 4 nitrogen and oxygen atoms in total. The van der Waals surface area contributed by atoms with Gasteiger partial charge in [-0.15, -0.1) is 0 Å². The predicted molar refractivity (Wildman–Crippen MR) is 82.9 cm³/mol. The van der Waals surface area contributed by atoms with Gasteiger partial charge in [0.15, 0.2) is 0 Å². The van der Waals surface area contributed by atoms with Crippen LogP contribution < -0.4 is 5.32 Å². The maximum absolute atomic E-state index is 5.88. The number of nitrogens with zero attached hydrogens (tertiary/aromatic N) is 1. The lowest BCUT2D eigenvalue weighted by molar-refractivity contribution is 0.0934. The minimum atomic E-state index is 0.400. The molecule has 0 aromatic carbocycles. The van der Waals surface area contributed by atoms with Gasteiger partial charge in [0.2, 0.25) is 0 Å². The van der Waals surface area contributed by atoms with Crippen molar-refractivity contribution in [1.29, 1.82) is 0 Å². The molecule has 1 rings (SSSR count). The van der Waals surface area contributed by atoms with E-state index in [2.05, 4.69) is 37.1 Å². The van der Waals surface area contributed by atoms with Crippen LogP contribution in [0.2, 0.25) is 0 Å². The molecular formula is C16H30N2O2. The third-order valence-electron chi connectivity index (χ3n) is 3.61. The summed E-state index contributed by atoms with van der Waals surface area (Å²) in [5.41, 5.74) is 1.27. The van der Waals surface area contributed by atoms with Crippen molar-refractivity contribution in [2.45, 2.75) is 53.2 Å². The molecule has 0 fully saturated rings. The topological polar surface area (TPSA) is 37.6 Å². The van der Waals surface area contributed by atoms with Gasteiger partial charge in [0.05, 0.1) is 13.2 Å². The second kappa shape index (κ2) is 9.16. The molecule has 0 aliphatic carbocycles. The van der Waals surface area contributed by atoms with Crippen molar-refractivity contribution >= 4 is 0 Å². The zero-order chi connectivity index (χ0) is 15.0. The molecule has 0 bridgehead atoms. The molecule has 1 atom stereocenters. The Morgan fingerprint density at radius 2 is 2.15 bits per heavy atom. The number of likely N-dealkylation sites (N-methyl/N-ethyl adjacent to an activating group) is 1. The number of methoxy groups -OCH3 is 1. The van der Waals surface area contributed by atoms with Crippen molar-refractivity contribution in [3.63, 3.8) is 0 Å². The predicted octanol–water partition coefficient (Wildman–Crippen LogP) is 2.94. The second-order valence-corrected chi connectivity index (χ2v) is 5.34. The summed E-state index contributed by atoms with van der Waals surface area (Å²) in [6.07, 6.45) is 1.15. The minimum absolute atomic E-state index is 0.400. The molecule has 1 aromatic heterocycles. The van der Waals surface area contributed by atoms with Gasteiger partial charge in [0.25, 0.3) is 0 Å². The fourth-order valence-corrected chi connectivity index (χ4v) is 2.37. The second-order valence-electron chi connectivity index (χ2n) is 5.34. The summed E-state index contributed by atoms with van der Waals surface area (Å²) in [6.45, 7) is 13.1. The summed E-state index contributed by atoms with van der Waals surface area (Å²) in [7, 11) is 1.75. The molecule has 0 saturated heterocycles. The van der Waals surface area contributed by atoms with Crippen LogP contribution in [0, 0.1) is 6.92 Å². The van der Waals surface area contributed by atoms with Crippen molar-refractivity contribution < 1.29 is 9.15 Å². The zero-order valence-electron chi connectivity index (χ0n) is 13.7. The van der Waals surface area contributed by atoms with Crippen LogP contribution >= 0.6 is 0 Å². The molecule has 0 aliphatic rings. The monoisotopic (exact) mass is 282 g/mol. The molecule has 0 spiro atoms. The van der Waals surface area contributed by atoms with Crippen LogP contribution in [0.3, 0.4) is 0 Å². The highest BCUT2D eigenvalue weighted by molar-refractivity contribution is 5.20. The molecule has 0 aliphatic heterocycles. The first-order valence-corrected chi connectivity index (χ1v) is 7.64. The number of nitrogens with one attached hydrogen (secondary N) is 1. The fraction of sp³-hybridized carbons (Fsp3) is 0.750. The molecule has 1 N–H and O–H groups in total. The van der Waals surface area contributed by atoms with Gasteiger partial charge >= 0.3 is 0 Å². The number of aryl methyl sites for hydroxylation is 1. The largest absolute Gasteiger partial charge is 0.465 e. The molecule has 1 unspecified atom stereocenters. The van der Waals surface area contributed by atoms with Gasteiger partial charge in [0, 0.05) is 25.3 Å². The van der Waals surface area contributed by atoms with Crippen LogP contribution in [-0.4, -0.2) is 37.7 Å². The molecule has 1 heterocycles. The summed E-state index contributed by atoms with van der Waals surface area (Å²) in [5, 5.41) is 3.42. The van der Waals surface area contributed by atoms with Gasteiger partial charge in [0.1, 0.15) is 11.5 Å². The Balaban J connectivity index is 2.60. The van der Waals surface area contributed by atoms with Crippen molar-refractivity contribution in [3.8, 4) is 0 Å². The normalized spacial score (nSPS) is 13.1. The van der Waals surface area contributed by atoms with E-state index < -0.39 is 0 Å². The summed E-state index contributed by atoms with van der Waals surface area (Å²) >= 11 is 0. The highest BCUT2D eigenvalue weighted by atomic mass is 16.5. The lowest BCUT2D eigenvalue weighted by atomic mass is 10.2. The van der Waals surface area contributed by atoms with Crippen LogP contribution in [0.1, 0.15) is 44.3 Å². The highest BCUT2D eigenvalue weighted by Gasteiger charge is 2.15. The third-order valence-corrected chi connectivity index (χ3v) is 3.61. The molecule has 4 heteroatoms. The number of hydrogen-bond donors (Lipinski definition) is 1. The van der Waals surface area contributed by atoms with Gasteiger partial charge in [-0.3, -0.25) is 4.90 Å². The Bertz CT molecular complexity index is 377. The van der Waals surface area contributed by atoms with Gasteiger partial charge in [-0.2, -0.15) is 0 Å². The van der Waals surface area contributed by atoms with Crippen molar-refractivity contribution in [1.82, 2.24) is 10.2 Å². The van der Waals surface area contributed by atoms with E-state index in [0.717, 1.165) is 50.7 Å².